The molecule has 0 aromatic rings. The van der Waals surface area contributed by atoms with Crippen LogP contribution in [0.25, 0.3) is 0 Å². The molecule has 0 heterocycles. The topological polar surface area (TPSA) is 26.3 Å². The number of ether oxygens (including phenoxy) is 1. The van der Waals surface area contributed by atoms with Crippen LogP contribution in [0, 0.1) is 5.92 Å². The van der Waals surface area contributed by atoms with Crippen LogP contribution in [-0.2, 0) is 9.53 Å². The average Bonchev–Trinajstić information content (AvgIpc) is 2.49. The molecule has 2 nitrogen and oxygen atoms in total. The van der Waals surface area contributed by atoms with Gasteiger partial charge in [0.1, 0.15) is 6.10 Å². The Kier molecular flexibility index (Phi) is 2.21. The Morgan fingerprint density at radius 2 is 2.38 bits per heavy atom. The molecule has 13 heavy (non-hydrogen) atoms. The summed E-state index contributed by atoms with van der Waals surface area (Å²) in [6.45, 7) is 1.48. The largest absolute Gasteiger partial charge is 0.462 e. The summed E-state index contributed by atoms with van der Waals surface area (Å²) >= 11 is 0. The van der Waals surface area contributed by atoms with Crippen LogP contribution in [-0.4, -0.2) is 12.1 Å². The van der Waals surface area contributed by atoms with Crippen LogP contribution in [0.5, 0.6) is 0 Å². The molecular weight excluding hydrogens is 164 g/mol. The van der Waals surface area contributed by atoms with E-state index in [9.17, 15) is 4.79 Å². The molecule has 1 fully saturated rings. The lowest BCUT2D eigenvalue weighted by Crippen LogP contribution is -2.23. The summed E-state index contributed by atoms with van der Waals surface area (Å²) in [4.78, 5) is 10.7. The van der Waals surface area contributed by atoms with Crippen LogP contribution in [0.4, 0.5) is 0 Å². The van der Waals surface area contributed by atoms with Gasteiger partial charge in [-0.05, 0) is 18.8 Å². The van der Waals surface area contributed by atoms with Crippen molar-refractivity contribution in [3.05, 3.63) is 23.8 Å². The highest BCUT2D eigenvalue weighted by atomic mass is 16.5. The number of fused-ring (bicyclic) bond motifs is 1. The third kappa shape index (κ3) is 1.82. The van der Waals surface area contributed by atoms with Crippen molar-refractivity contribution in [3.8, 4) is 0 Å². The molecule has 0 aliphatic heterocycles. The minimum Gasteiger partial charge on any atom is -0.462 e. The van der Waals surface area contributed by atoms with Gasteiger partial charge in [-0.25, -0.2) is 0 Å². The minimum absolute atomic E-state index is 0.125. The van der Waals surface area contributed by atoms with E-state index in [0.717, 1.165) is 19.3 Å². The van der Waals surface area contributed by atoms with E-state index in [1.54, 1.807) is 0 Å². The molecule has 1 saturated carbocycles. The van der Waals surface area contributed by atoms with Crippen molar-refractivity contribution >= 4 is 5.97 Å². The van der Waals surface area contributed by atoms with Crippen molar-refractivity contribution < 1.29 is 9.53 Å². The van der Waals surface area contributed by atoms with Gasteiger partial charge in [0, 0.05) is 13.3 Å². The summed E-state index contributed by atoms with van der Waals surface area (Å²) in [5.74, 6) is 0.474. The van der Waals surface area contributed by atoms with E-state index in [4.69, 9.17) is 4.74 Å². The highest BCUT2D eigenvalue weighted by Gasteiger charge is 2.26. The Hall–Kier alpha value is -1.05. The first-order valence-corrected chi connectivity index (χ1v) is 4.80. The molecule has 2 unspecified atom stereocenters. The number of hydrogen-bond donors (Lipinski definition) is 0. The molecule has 2 atom stereocenters. The molecule has 70 valence electrons. The molecule has 0 spiro atoms. The molecule has 0 bridgehead atoms. The van der Waals surface area contributed by atoms with E-state index in [-0.39, 0.29) is 12.1 Å². The van der Waals surface area contributed by atoms with Crippen LogP contribution < -0.4 is 0 Å². The Morgan fingerprint density at radius 3 is 3.15 bits per heavy atom. The van der Waals surface area contributed by atoms with Gasteiger partial charge in [0.2, 0.25) is 0 Å². The third-order valence-corrected chi connectivity index (χ3v) is 2.73. The fourth-order valence-electron chi connectivity index (χ4n) is 2.13. The lowest BCUT2D eigenvalue weighted by atomic mass is 9.85. The van der Waals surface area contributed by atoms with Crippen molar-refractivity contribution in [2.45, 2.75) is 32.3 Å². The molecule has 0 saturated heterocycles. The number of allylic oxidation sites excluding steroid dienone is 3. The van der Waals surface area contributed by atoms with Crippen LogP contribution in [0.3, 0.4) is 0 Å². The van der Waals surface area contributed by atoms with Crippen LogP contribution in [0.2, 0.25) is 0 Å². The molecule has 0 amide bonds. The number of carbonyl (C=O) groups is 1. The Bertz CT molecular complexity index is 276. The fourth-order valence-corrected chi connectivity index (χ4v) is 2.13. The molecule has 0 aromatic carbocycles. The standard InChI is InChI=1S/C11H14O2/c1-8(12)13-11-6-5-9-3-2-4-10(9)7-11/h2-4,9,11H,5-7H2,1H3. The van der Waals surface area contributed by atoms with Gasteiger partial charge in [0.05, 0.1) is 0 Å². The van der Waals surface area contributed by atoms with E-state index in [1.807, 2.05) is 0 Å². The van der Waals surface area contributed by atoms with Crippen molar-refractivity contribution in [3.63, 3.8) is 0 Å². The Balaban J connectivity index is 1.94. The zero-order chi connectivity index (χ0) is 9.26. The summed E-state index contributed by atoms with van der Waals surface area (Å²) in [5, 5.41) is 0. The SMILES string of the molecule is CC(=O)OC1CCC2C=CC=C2C1. The van der Waals surface area contributed by atoms with E-state index in [2.05, 4.69) is 18.2 Å². The summed E-state index contributed by atoms with van der Waals surface area (Å²) < 4.78 is 5.19. The molecule has 0 radical (unpaired) electrons. The van der Waals surface area contributed by atoms with Crippen molar-refractivity contribution in [1.29, 1.82) is 0 Å². The van der Waals surface area contributed by atoms with Gasteiger partial charge in [0.25, 0.3) is 0 Å². The second-order valence-corrected chi connectivity index (χ2v) is 3.75. The van der Waals surface area contributed by atoms with Gasteiger partial charge in [-0.2, -0.15) is 0 Å². The molecule has 2 heteroatoms. The molecule has 0 aromatic heterocycles. The first-order valence-electron chi connectivity index (χ1n) is 4.80. The van der Waals surface area contributed by atoms with Crippen molar-refractivity contribution in [2.75, 3.05) is 0 Å². The molecule has 2 aliphatic rings. The zero-order valence-corrected chi connectivity index (χ0v) is 7.82. The Labute approximate surface area is 78.3 Å². The number of rotatable bonds is 1. The summed E-state index contributed by atoms with van der Waals surface area (Å²) in [6, 6.07) is 0. The normalized spacial score (nSPS) is 31.0. The lowest BCUT2D eigenvalue weighted by Gasteiger charge is -2.27. The van der Waals surface area contributed by atoms with Gasteiger partial charge < -0.3 is 4.74 Å². The first-order chi connectivity index (χ1) is 6.25. The lowest BCUT2D eigenvalue weighted by molar-refractivity contribution is -0.147. The van der Waals surface area contributed by atoms with Crippen LogP contribution >= 0.6 is 0 Å². The van der Waals surface area contributed by atoms with Gasteiger partial charge in [-0.15, -0.1) is 0 Å². The molecular formula is C11H14O2. The quantitative estimate of drug-likeness (QED) is 0.575. The highest BCUT2D eigenvalue weighted by molar-refractivity contribution is 5.66. The molecule has 2 rings (SSSR count). The van der Waals surface area contributed by atoms with E-state index >= 15 is 0 Å². The molecule has 0 N–H and O–H groups in total. The fraction of sp³-hybridized carbons (Fsp3) is 0.545. The van der Waals surface area contributed by atoms with E-state index in [1.165, 1.54) is 12.5 Å². The number of hydrogen-bond acceptors (Lipinski definition) is 2. The summed E-state index contributed by atoms with van der Waals surface area (Å²) in [5.41, 5.74) is 1.43. The van der Waals surface area contributed by atoms with Gasteiger partial charge in [-0.1, -0.05) is 23.8 Å². The van der Waals surface area contributed by atoms with Gasteiger partial charge >= 0.3 is 5.97 Å². The Morgan fingerprint density at radius 1 is 1.54 bits per heavy atom. The second kappa shape index (κ2) is 3.36. The van der Waals surface area contributed by atoms with Crippen LogP contribution in [0.15, 0.2) is 23.8 Å². The second-order valence-electron chi connectivity index (χ2n) is 3.75. The predicted octanol–water partition coefficient (Wildman–Crippen LogP) is 2.21. The van der Waals surface area contributed by atoms with Gasteiger partial charge in [0.15, 0.2) is 0 Å². The van der Waals surface area contributed by atoms with Crippen molar-refractivity contribution in [1.82, 2.24) is 0 Å². The van der Waals surface area contributed by atoms with Crippen molar-refractivity contribution in [2.24, 2.45) is 5.92 Å². The summed E-state index contributed by atoms with van der Waals surface area (Å²) in [7, 11) is 0. The average molecular weight is 178 g/mol. The summed E-state index contributed by atoms with van der Waals surface area (Å²) in [6.07, 6.45) is 9.68. The maximum Gasteiger partial charge on any atom is 0.302 e. The number of carbonyl (C=O) groups excluding carboxylic acids is 1. The highest BCUT2D eigenvalue weighted by Crippen LogP contribution is 2.35. The number of esters is 1. The monoisotopic (exact) mass is 178 g/mol. The van der Waals surface area contributed by atoms with Crippen LogP contribution in [0.1, 0.15) is 26.2 Å². The van der Waals surface area contributed by atoms with E-state index < -0.39 is 0 Å². The van der Waals surface area contributed by atoms with Gasteiger partial charge in [-0.3, -0.25) is 4.79 Å². The predicted molar refractivity (Wildman–Crippen MR) is 50.1 cm³/mol. The maximum atomic E-state index is 10.7. The van der Waals surface area contributed by atoms with E-state index in [0.29, 0.717) is 5.92 Å². The third-order valence-electron chi connectivity index (χ3n) is 2.73. The first kappa shape index (κ1) is 8.54. The maximum absolute atomic E-state index is 10.7. The minimum atomic E-state index is -0.157. The smallest absolute Gasteiger partial charge is 0.302 e. The molecule has 2 aliphatic carbocycles. The zero-order valence-electron chi connectivity index (χ0n) is 7.82.